The van der Waals surface area contributed by atoms with Crippen molar-refractivity contribution in [1.29, 1.82) is 0 Å². The van der Waals surface area contributed by atoms with Crippen LogP contribution in [0, 0.1) is 0 Å². The monoisotopic (exact) mass is 396 g/mol. The SMILES string of the molecule is CCOc1ccccc1NC(=O)C(=O)NCC1(c2ccc(OC)cc2)CCCC1. The summed E-state index contributed by atoms with van der Waals surface area (Å²) in [5, 5.41) is 5.49. The van der Waals surface area contributed by atoms with Crippen LogP contribution in [0.2, 0.25) is 0 Å². The number of carbonyl (C=O) groups is 2. The van der Waals surface area contributed by atoms with Crippen LogP contribution in [0.25, 0.3) is 0 Å². The summed E-state index contributed by atoms with van der Waals surface area (Å²) in [6.45, 7) is 2.77. The van der Waals surface area contributed by atoms with Crippen LogP contribution in [0.3, 0.4) is 0 Å². The summed E-state index contributed by atoms with van der Waals surface area (Å²) in [7, 11) is 1.64. The average Bonchev–Trinajstić information content (AvgIpc) is 3.24. The summed E-state index contributed by atoms with van der Waals surface area (Å²) in [6.07, 6.45) is 4.18. The molecule has 0 saturated heterocycles. The first-order valence-electron chi connectivity index (χ1n) is 10.0. The Morgan fingerprint density at radius 2 is 1.69 bits per heavy atom. The molecule has 0 radical (unpaired) electrons. The standard InChI is InChI=1S/C23H28N2O4/c1-3-29-20-9-5-4-8-19(20)25-22(27)21(26)24-16-23(14-6-7-15-23)17-10-12-18(28-2)13-11-17/h4-5,8-13H,3,6-7,14-16H2,1-2H3,(H,24,26)(H,25,27). The molecule has 0 atom stereocenters. The van der Waals surface area contributed by atoms with E-state index < -0.39 is 11.8 Å². The molecule has 1 saturated carbocycles. The highest BCUT2D eigenvalue weighted by atomic mass is 16.5. The van der Waals surface area contributed by atoms with Gasteiger partial charge in [-0.05, 0) is 49.6 Å². The molecule has 1 aliphatic rings. The first kappa shape index (κ1) is 20.7. The fourth-order valence-electron chi connectivity index (χ4n) is 3.92. The zero-order chi connectivity index (χ0) is 20.7. The van der Waals surface area contributed by atoms with Crippen molar-refractivity contribution in [3.63, 3.8) is 0 Å². The van der Waals surface area contributed by atoms with Gasteiger partial charge in [0, 0.05) is 12.0 Å². The number of hydrogen-bond donors (Lipinski definition) is 2. The van der Waals surface area contributed by atoms with Gasteiger partial charge in [0.1, 0.15) is 11.5 Å². The van der Waals surface area contributed by atoms with Crippen LogP contribution in [0.4, 0.5) is 5.69 Å². The van der Waals surface area contributed by atoms with E-state index in [2.05, 4.69) is 22.8 Å². The topological polar surface area (TPSA) is 76.7 Å². The van der Waals surface area contributed by atoms with Crippen molar-refractivity contribution in [3.8, 4) is 11.5 Å². The van der Waals surface area contributed by atoms with Gasteiger partial charge in [-0.25, -0.2) is 0 Å². The van der Waals surface area contributed by atoms with E-state index in [1.807, 2.05) is 25.1 Å². The number of amides is 2. The molecule has 0 aromatic heterocycles. The number of methoxy groups -OCH3 is 1. The molecule has 3 rings (SSSR count). The summed E-state index contributed by atoms with van der Waals surface area (Å²) in [4.78, 5) is 24.9. The average molecular weight is 396 g/mol. The molecule has 29 heavy (non-hydrogen) atoms. The van der Waals surface area contributed by atoms with Gasteiger partial charge in [0.15, 0.2) is 0 Å². The van der Waals surface area contributed by atoms with Crippen molar-refractivity contribution in [2.45, 2.75) is 38.0 Å². The predicted octanol–water partition coefficient (Wildman–Crippen LogP) is 3.66. The molecule has 0 bridgehead atoms. The van der Waals surface area contributed by atoms with Gasteiger partial charge in [0.25, 0.3) is 0 Å². The van der Waals surface area contributed by atoms with Crippen molar-refractivity contribution in [3.05, 3.63) is 54.1 Å². The van der Waals surface area contributed by atoms with Crippen molar-refractivity contribution in [2.24, 2.45) is 0 Å². The molecule has 0 spiro atoms. The van der Waals surface area contributed by atoms with Crippen LogP contribution in [0.1, 0.15) is 38.2 Å². The van der Waals surface area contributed by atoms with Gasteiger partial charge in [0.2, 0.25) is 0 Å². The Labute approximate surface area is 171 Å². The second-order valence-corrected chi connectivity index (χ2v) is 7.28. The molecular formula is C23H28N2O4. The molecule has 2 amide bonds. The summed E-state index contributed by atoms with van der Waals surface area (Å²) in [6, 6.07) is 15.1. The molecule has 2 aromatic carbocycles. The first-order chi connectivity index (χ1) is 14.1. The van der Waals surface area contributed by atoms with Gasteiger partial charge >= 0.3 is 11.8 Å². The lowest BCUT2D eigenvalue weighted by molar-refractivity contribution is -0.136. The van der Waals surface area contributed by atoms with Crippen LogP contribution in [-0.2, 0) is 15.0 Å². The Balaban J connectivity index is 1.65. The van der Waals surface area contributed by atoms with E-state index in [-0.39, 0.29) is 5.41 Å². The lowest BCUT2D eigenvalue weighted by atomic mass is 9.78. The second-order valence-electron chi connectivity index (χ2n) is 7.28. The molecule has 2 N–H and O–H groups in total. The Kier molecular flexibility index (Phi) is 6.75. The number of ether oxygens (including phenoxy) is 2. The molecule has 0 aliphatic heterocycles. The molecule has 154 valence electrons. The lowest BCUT2D eigenvalue weighted by Crippen LogP contribution is -2.43. The molecule has 0 unspecified atom stereocenters. The van der Waals surface area contributed by atoms with Crippen molar-refractivity contribution >= 4 is 17.5 Å². The minimum Gasteiger partial charge on any atom is -0.497 e. The zero-order valence-electron chi connectivity index (χ0n) is 17.0. The highest BCUT2D eigenvalue weighted by Gasteiger charge is 2.36. The van der Waals surface area contributed by atoms with E-state index in [0.717, 1.165) is 37.0 Å². The maximum atomic E-state index is 12.5. The van der Waals surface area contributed by atoms with E-state index in [0.29, 0.717) is 24.6 Å². The Hall–Kier alpha value is -3.02. The van der Waals surface area contributed by atoms with Crippen LogP contribution >= 0.6 is 0 Å². The molecular weight excluding hydrogens is 368 g/mol. The zero-order valence-corrected chi connectivity index (χ0v) is 17.0. The van der Waals surface area contributed by atoms with Gasteiger partial charge in [0.05, 0.1) is 19.4 Å². The van der Waals surface area contributed by atoms with Crippen molar-refractivity contribution in [2.75, 3.05) is 25.6 Å². The lowest BCUT2D eigenvalue weighted by Gasteiger charge is -2.30. The maximum absolute atomic E-state index is 12.5. The Morgan fingerprint density at radius 3 is 2.34 bits per heavy atom. The number of anilines is 1. The minimum absolute atomic E-state index is 0.147. The fraction of sp³-hybridized carbons (Fsp3) is 0.391. The number of rotatable bonds is 7. The summed E-state index contributed by atoms with van der Waals surface area (Å²) in [5.74, 6) is 0.0102. The van der Waals surface area contributed by atoms with E-state index in [1.165, 1.54) is 0 Å². The van der Waals surface area contributed by atoms with E-state index in [9.17, 15) is 9.59 Å². The van der Waals surface area contributed by atoms with E-state index >= 15 is 0 Å². The predicted molar refractivity (Wildman–Crippen MR) is 112 cm³/mol. The Bertz CT molecular complexity index is 842. The first-order valence-corrected chi connectivity index (χ1v) is 10.0. The normalized spacial score (nSPS) is 14.8. The largest absolute Gasteiger partial charge is 0.497 e. The number of carbonyl (C=O) groups excluding carboxylic acids is 2. The number of para-hydroxylation sites is 2. The molecule has 6 nitrogen and oxygen atoms in total. The van der Waals surface area contributed by atoms with Crippen molar-refractivity contribution < 1.29 is 19.1 Å². The molecule has 1 aliphatic carbocycles. The third-order valence-corrected chi connectivity index (χ3v) is 5.49. The van der Waals surface area contributed by atoms with Gasteiger partial charge in [-0.3, -0.25) is 9.59 Å². The number of nitrogens with one attached hydrogen (secondary N) is 2. The third kappa shape index (κ3) is 4.88. The molecule has 2 aromatic rings. The highest BCUT2D eigenvalue weighted by Crippen LogP contribution is 2.41. The summed E-state index contributed by atoms with van der Waals surface area (Å²) < 4.78 is 10.7. The van der Waals surface area contributed by atoms with Gasteiger partial charge < -0.3 is 20.1 Å². The highest BCUT2D eigenvalue weighted by molar-refractivity contribution is 6.39. The second kappa shape index (κ2) is 9.45. The summed E-state index contributed by atoms with van der Waals surface area (Å²) in [5.41, 5.74) is 1.50. The maximum Gasteiger partial charge on any atom is 0.313 e. The minimum atomic E-state index is -0.694. The van der Waals surface area contributed by atoms with Crippen LogP contribution in [-0.4, -0.2) is 32.1 Å². The third-order valence-electron chi connectivity index (χ3n) is 5.49. The Morgan fingerprint density at radius 1 is 1.00 bits per heavy atom. The molecule has 6 heteroatoms. The van der Waals surface area contributed by atoms with E-state index in [4.69, 9.17) is 9.47 Å². The van der Waals surface area contributed by atoms with Gasteiger partial charge in [-0.2, -0.15) is 0 Å². The van der Waals surface area contributed by atoms with E-state index in [1.54, 1.807) is 25.3 Å². The van der Waals surface area contributed by atoms with Crippen molar-refractivity contribution in [1.82, 2.24) is 5.32 Å². The smallest absolute Gasteiger partial charge is 0.313 e. The summed E-state index contributed by atoms with van der Waals surface area (Å²) >= 11 is 0. The van der Waals surface area contributed by atoms with Gasteiger partial charge in [-0.15, -0.1) is 0 Å². The number of hydrogen-bond acceptors (Lipinski definition) is 4. The fourth-order valence-corrected chi connectivity index (χ4v) is 3.92. The molecule has 0 heterocycles. The van der Waals surface area contributed by atoms with Crippen LogP contribution in [0.15, 0.2) is 48.5 Å². The van der Waals surface area contributed by atoms with Crippen LogP contribution in [0.5, 0.6) is 11.5 Å². The quantitative estimate of drug-likeness (QED) is 0.701. The number of benzene rings is 2. The van der Waals surface area contributed by atoms with Gasteiger partial charge in [-0.1, -0.05) is 37.1 Å². The molecule has 1 fully saturated rings. The van der Waals surface area contributed by atoms with Crippen LogP contribution < -0.4 is 20.1 Å².